The Morgan fingerprint density at radius 2 is 1.56 bits per heavy atom. The molecule has 3 fully saturated rings. The van der Waals surface area contributed by atoms with Crippen LogP contribution in [0.3, 0.4) is 0 Å². The summed E-state index contributed by atoms with van der Waals surface area (Å²) in [4.78, 5) is 2.96. The van der Waals surface area contributed by atoms with Crippen molar-refractivity contribution in [2.75, 3.05) is 7.05 Å². The van der Waals surface area contributed by atoms with Gasteiger partial charge in [0.15, 0.2) is 0 Å². The fourth-order valence-corrected chi connectivity index (χ4v) is 5.08. The molecule has 0 spiro atoms. The lowest BCUT2D eigenvalue weighted by atomic mass is 9.77. The Morgan fingerprint density at radius 3 is 2.11 bits per heavy atom. The molecule has 1 saturated carbocycles. The van der Waals surface area contributed by atoms with Crippen molar-refractivity contribution in [3.8, 4) is 0 Å². The highest BCUT2D eigenvalue weighted by Crippen LogP contribution is 2.42. The van der Waals surface area contributed by atoms with Crippen LogP contribution in [-0.4, -0.2) is 36.1 Å². The predicted octanol–water partition coefficient (Wildman–Crippen LogP) is 3.03. The third-order valence-corrected chi connectivity index (χ3v) is 5.97. The molecule has 5 atom stereocenters. The largest absolute Gasteiger partial charge is 0.317 e. The maximum atomic E-state index is 3.52. The normalized spacial score (nSPS) is 49.5. The third kappa shape index (κ3) is 2.22. The Bertz CT molecular complexity index is 277. The number of hydrogen-bond acceptors (Lipinski definition) is 2. The van der Waals surface area contributed by atoms with Gasteiger partial charge in [0.2, 0.25) is 0 Å². The molecule has 0 aromatic rings. The lowest BCUT2D eigenvalue weighted by Gasteiger charge is -2.48. The summed E-state index contributed by atoms with van der Waals surface area (Å²) in [6.45, 7) is 4.94. The van der Waals surface area contributed by atoms with Gasteiger partial charge in [-0.1, -0.05) is 13.8 Å². The van der Waals surface area contributed by atoms with Crippen molar-refractivity contribution >= 4 is 0 Å². The van der Waals surface area contributed by atoms with Gasteiger partial charge in [-0.15, -0.1) is 0 Å². The number of nitrogens with zero attached hydrogens (tertiary/aromatic N) is 1. The first-order valence-electron chi connectivity index (χ1n) is 8.13. The number of nitrogens with one attached hydrogen (secondary N) is 1. The van der Waals surface area contributed by atoms with E-state index in [0.29, 0.717) is 0 Å². The first-order chi connectivity index (χ1) is 8.69. The molecule has 104 valence electrons. The molecule has 0 aromatic carbocycles. The smallest absolute Gasteiger partial charge is 0.0127 e. The van der Waals surface area contributed by atoms with Crippen molar-refractivity contribution in [3.63, 3.8) is 0 Å². The van der Waals surface area contributed by atoms with Crippen LogP contribution in [0.4, 0.5) is 0 Å². The molecule has 18 heavy (non-hydrogen) atoms. The average molecular weight is 250 g/mol. The van der Waals surface area contributed by atoms with Crippen molar-refractivity contribution in [1.29, 1.82) is 0 Å². The molecule has 1 aliphatic carbocycles. The maximum absolute atomic E-state index is 3.52. The standard InChI is InChI=1S/C16H30N2/c1-11-4-7-16(12(2)8-11)18-14-5-6-15(18)10-13(9-14)17-3/h11-17H,4-10H2,1-3H3. The molecule has 2 bridgehead atoms. The van der Waals surface area contributed by atoms with Crippen LogP contribution in [0.1, 0.15) is 58.8 Å². The fraction of sp³-hybridized carbons (Fsp3) is 1.00. The topological polar surface area (TPSA) is 15.3 Å². The summed E-state index contributed by atoms with van der Waals surface area (Å²) in [6, 6.07) is 3.47. The minimum Gasteiger partial charge on any atom is -0.317 e. The molecule has 0 radical (unpaired) electrons. The average Bonchev–Trinajstić information content (AvgIpc) is 2.60. The zero-order valence-corrected chi connectivity index (χ0v) is 12.4. The first-order valence-corrected chi connectivity index (χ1v) is 8.13. The monoisotopic (exact) mass is 250 g/mol. The summed E-state index contributed by atoms with van der Waals surface area (Å²) in [5, 5.41) is 3.52. The van der Waals surface area contributed by atoms with E-state index in [1.54, 1.807) is 0 Å². The van der Waals surface area contributed by atoms with E-state index in [4.69, 9.17) is 0 Å². The number of rotatable bonds is 2. The third-order valence-electron chi connectivity index (χ3n) is 5.97. The van der Waals surface area contributed by atoms with E-state index in [1.807, 2.05) is 0 Å². The predicted molar refractivity (Wildman–Crippen MR) is 76.7 cm³/mol. The molecule has 1 N–H and O–H groups in total. The van der Waals surface area contributed by atoms with E-state index in [1.165, 1.54) is 44.9 Å². The van der Waals surface area contributed by atoms with E-state index in [-0.39, 0.29) is 0 Å². The van der Waals surface area contributed by atoms with Gasteiger partial charge < -0.3 is 5.32 Å². The molecule has 2 heteroatoms. The Morgan fingerprint density at radius 1 is 0.889 bits per heavy atom. The molecule has 2 saturated heterocycles. The summed E-state index contributed by atoms with van der Waals surface area (Å²) < 4.78 is 0. The summed E-state index contributed by atoms with van der Waals surface area (Å²) in [6.07, 6.45) is 10.1. The van der Waals surface area contributed by atoms with Gasteiger partial charge in [-0.25, -0.2) is 0 Å². The van der Waals surface area contributed by atoms with E-state index >= 15 is 0 Å². The molecular formula is C16H30N2. The van der Waals surface area contributed by atoms with Crippen molar-refractivity contribution < 1.29 is 0 Å². The molecule has 2 heterocycles. The number of fused-ring (bicyclic) bond motifs is 2. The fourth-order valence-electron chi connectivity index (χ4n) is 5.08. The van der Waals surface area contributed by atoms with Crippen LogP contribution in [0.2, 0.25) is 0 Å². The maximum Gasteiger partial charge on any atom is 0.0127 e. The van der Waals surface area contributed by atoms with E-state index in [2.05, 4.69) is 31.1 Å². The second-order valence-corrected chi connectivity index (χ2v) is 7.25. The minimum absolute atomic E-state index is 0.788. The second-order valence-electron chi connectivity index (χ2n) is 7.25. The highest BCUT2D eigenvalue weighted by Gasteiger charge is 2.45. The van der Waals surface area contributed by atoms with Crippen LogP contribution >= 0.6 is 0 Å². The molecule has 2 aliphatic heterocycles. The molecule has 0 amide bonds. The van der Waals surface area contributed by atoms with Crippen LogP contribution < -0.4 is 5.32 Å². The van der Waals surface area contributed by atoms with Gasteiger partial charge in [0.1, 0.15) is 0 Å². The van der Waals surface area contributed by atoms with Gasteiger partial charge in [0.25, 0.3) is 0 Å². The second kappa shape index (κ2) is 5.13. The van der Waals surface area contributed by atoms with E-state index in [0.717, 1.165) is 36.0 Å². The zero-order chi connectivity index (χ0) is 12.7. The first kappa shape index (κ1) is 12.9. The Balaban J connectivity index is 1.70. The Labute approximate surface area is 113 Å². The summed E-state index contributed by atoms with van der Waals surface area (Å²) >= 11 is 0. The SMILES string of the molecule is CNC1CC2CCC(C1)N2C1CCC(C)CC1C. The molecule has 3 rings (SSSR count). The van der Waals surface area contributed by atoms with Crippen LogP contribution in [0, 0.1) is 11.8 Å². The van der Waals surface area contributed by atoms with Gasteiger partial charge >= 0.3 is 0 Å². The quantitative estimate of drug-likeness (QED) is 0.810. The minimum atomic E-state index is 0.788. The summed E-state index contributed by atoms with van der Waals surface area (Å²) in [7, 11) is 2.14. The van der Waals surface area contributed by atoms with Crippen LogP contribution in [-0.2, 0) is 0 Å². The highest BCUT2D eigenvalue weighted by atomic mass is 15.3. The van der Waals surface area contributed by atoms with E-state index in [9.17, 15) is 0 Å². The summed E-state index contributed by atoms with van der Waals surface area (Å²) in [5.74, 6) is 1.88. The Kier molecular flexibility index (Phi) is 3.68. The number of hydrogen-bond donors (Lipinski definition) is 1. The molecule has 3 aliphatic rings. The van der Waals surface area contributed by atoms with Crippen LogP contribution in [0.15, 0.2) is 0 Å². The van der Waals surface area contributed by atoms with Crippen molar-refractivity contribution in [3.05, 3.63) is 0 Å². The lowest BCUT2D eigenvalue weighted by molar-refractivity contribution is 0.0182. The van der Waals surface area contributed by atoms with Gasteiger partial charge in [-0.3, -0.25) is 4.90 Å². The van der Waals surface area contributed by atoms with Gasteiger partial charge in [-0.2, -0.15) is 0 Å². The summed E-state index contributed by atoms with van der Waals surface area (Å²) in [5.41, 5.74) is 0. The number of piperidine rings is 1. The van der Waals surface area contributed by atoms with Gasteiger partial charge in [-0.05, 0) is 63.8 Å². The lowest BCUT2D eigenvalue weighted by Crippen LogP contribution is -2.55. The highest BCUT2D eigenvalue weighted by molar-refractivity contribution is 5.01. The molecule has 5 unspecified atom stereocenters. The Hall–Kier alpha value is -0.0800. The molecule has 0 aromatic heterocycles. The van der Waals surface area contributed by atoms with Crippen LogP contribution in [0.25, 0.3) is 0 Å². The molecular weight excluding hydrogens is 220 g/mol. The van der Waals surface area contributed by atoms with Gasteiger partial charge in [0, 0.05) is 24.2 Å². The van der Waals surface area contributed by atoms with Crippen molar-refractivity contribution in [2.24, 2.45) is 11.8 Å². The molecule has 2 nitrogen and oxygen atoms in total. The van der Waals surface area contributed by atoms with Crippen LogP contribution in [0.5, 0.6) is 0 Å². The zero-order valence-electron chi connectivity index (χ0n) is 12.4. The van der Waals surface area contributed by atoms with Crippen molar-refractivity contribution in [1.82, 2.24) is 10.2 Å². The van der Waals surface area contributed by atoms with E-state index < -0.39 is 0 Å². The van der Waals surface area contributed by atoms with Crippen molar-refractivity contribution in [2.45, 2.75) is 83.0 Å². The van der Waals surface area contributed by atoms with Gasteiger partial charge in [0.05, 0.1) is 0 Å².